The van der Waals surface area contributed by atoms with E-state index in [0.29, 0.717) is 6.61 Å². The molecule has 1 aromatic carbocycles. The van der Waals surface area contributed by atoms with Gasteiger partial charge in [-0.2, -0.15) is 0 Å². The zero-order valence-corrected chi connectivity index (χ0v) is 9.70. The van der Waals surface area contributed by atoms with Crippen LogP contribution in [0.1, 0.15) is 13.3 Å². The molecule has 0 atom stereocenters. The van der Waals surface area contributed by atoms with Crippen LogP contribution in [0.5, 0.6) is 5.75 Å². The van der Waals surface area contributed by atoms with Crippen molar-refractivity contribution in [3.05, 3.63) is 30.5 Å². The van der Waals surface area contributed by atoms with E-state index in [-0.39, 0.29) is 6.54 Å². The second-order valence-corrected chi connectivity index (χ2v) is 3.93. The van der Waals surface area contributed by atoms with Crippen LogP contribution in [-0.4, -0.2) is 17.6 Å². The lowest BCUT2D eigenvalue weighted by Gasteiger charge is -2.06. The van der Waals surface area contributed by atoms with Crippen LogP contribution in [0.3, 0.4) is 0 Å². The molecule has 2 nitrogen and oxygen atoms in total. The highest BCUT2D eigenvalue weighted by molar-refractivity contribution is 5.81. The Bertz CT molecular complexity index is 493. The Morgan fingerprint density at radius 3 is 2.82 bits per heavy atom. The first-order chi connectivity index (χ1) is 8.20. The summed E-state index contributed by atoms with van der Waals surface area (Å²) in [5.41, 5.74) is 0.814. The summed E-state index contributed by atoms with van der Waals surface area (Å²) >= 11 is 0. The van der Waals surface area contributed by atoms with Crippen LogP contribution in [0.25, 0.3) is 10.9 Å². The van der Waals surface area contributed by atoms with Gasteiger partial charge in [-0.25, -0.2) is 8.78 Å². The van der Waals surface area contributed by atoms with E-state index in [2.05, 4.69) is 0 Å². The molecule has 1 heterocycles. The van der Waals surface area contributed by atoms with Gasteiger partial charge in [0, 0.05) is 17.1 Å². The maximum absolute atomic E-state index is 12.3. The van der Waals surface area contributed by atoms with Crippen LogP contribution in [0, 0.1) is 0 Å². The van der Waals surface area contributed by atoms with Gasteiger partial charge in [0.2, 0.25) is 0 Å². The molecular formula is C13H15F2NO. The number of hydrogen-bond acceptors (Lipinski definition) is 1. The summed E-state index contributed by atoms with van der Waals surface area (Å²) in [7, 11) is 0. The first-order valence-corrected chi connectivity index (χ1v) is 5.70. The van der Waals surface area contributed by atoms with Crippen molar-refractivity contribution in [3.8, 4) is 5.75 Å². The number of hydrogen-bond donors (Lipinski definition) is 0. The number of benzene rings is 1. The molecule has 92 valence electrons. The minimum Gasteiger partial charge on any atom is -0.494 e. The molecule has 0 unspecified atom stereocenters. The van der Waals surface area contributed by atoms with Gasteiger partial charge < -0.3 is 9.30 Å². The number of halogens is 2. The van der Waals surface area contributed by atoms with E-state index in [0.717, 1.165) is 23.1 Å². The second kappa shape index (κ2) is 5.17. The Morgan fingerprint density at radius 1 is 1.29 bits per heavy atom. The van der Waals surface area contributed by atoms with Crippen LogP contribution in [0.15, 0.2) is 30.5 Å². The lowest BCUT2D eigenvalue weighted by atomic mass is 10.2. The summed E-state index contributed by atoms with van der Waals surface area (Å²) in [6, 6.07) is 7.35. The molecule has 0 saturated heterocycles. The number of ether oxygens (including phenoxy) is 1. The van der Waals surface area contributed by atoms with E-state index in [1.165, 1.54) is 0 Å². The van der Waals surface area contributed by atoms with Gasteiger partial charge in [-0.1, -0.05) is 6.92 Å². The van der Waals surface area contributed by atoms with Crippen molar-refractivity contribution in [1.29, 1.82) is 0 Å². The van der Waals surface area contributed by atoms with E-state index in [4.69, 9.17) is 4.74 Å². The second-order valence-electron chi connectivity index (χ2n) is 3.93. The Morgan fingerprint density at radius 2 is 2.12 bits per heavy atom. The Labute approximate surface area is 98.8 Å². The number of rotatable bonds is 5. The molecule has 0 bridgehead atoms. The molecule has 0 aliphatic carbocycles. The van der Waals surface area contributed by atoms with E-state index in [9.17, 15) is 8.78 Å². The summed E-state index contributed by atoms with van der Waals surface area (Å²) in [5.74, 6) is 0.786. The maximum Gasteiger partial charge on any atom is 0.256 e. The topological polar surface area (TPSA) is 14.2 Å². The molecule has 0 aliphatic rings. The summed E-state index contributed by atoms with van der Waals surface area (Å²) in [4.78, 5) is 0. The van der Waals surface area contributed by atoms with Crippen molar-refractivity contribution in [2.45, 2.75) is 26.3 Å². The van der Waals surface area contributed by atoms with Crippen LogP contribution in [0.4, 0.5) is 8.78 Å². The lowest BCUT2D eigenvalue weighted by Crippen LogP contribution is -2.04. The molecular weight excluding hydrogens is 224 g/mol. The van der Waals surface area contributed by atoms with Crippen LogP contribution in [-0.2, 0) is 6.54 Å². The Hall–Kier alpha value is -1.58. The van der Waals surface area contributed by atoms with Crippen LogP contribution in [0.2, 0.25) is 0 Å². The largest absolute Gasteiger partial charge is 0.494 e. The number of aromatic nitrogens is 1. The lowest BCUT2D eigenvalue weighted by molar-refractivity contribution is 0.128. The highest BCUT2D eigenvalue weighted by Crippen LogP contribution is 2.22. The fourth-order valence-electron chi connectivity index (χ4n) is 1.80. The molecule has 0 N–H and O–H groups in total. The smallest absolute Gasteiger partial charge is 0.256 e. The van der Waals surface area contributed by atoms with Gasteiger partial charge >= 0.3 is 0 Å². The Balaban J connectivity index is 2.25. The molecule has 0 saturated carbocycles. The van der Waals surface area contributed by atoms with Gasteiger partial charge in [0.15, 0.2) is 0 Å². The van der Waals surface area contributed by atoms with Crippen LogP contribution >= 0.6 is 0 Å². The quantitative estimate of drug-likeness (QED) is 0.776. The fraction of sp³-hybridized carbons (Fsp3) is 0.385. The molecule has 0 spiro atoms. The van der Waals surface area contributed by atoms with Crippen molar-refractivity contribution in [2.24, 2.45) is 0 Å². The monoisotopic (exact) mass is 239 g/mol. The van der Waals surface area contributed by atoms with E-state index in [1.54, 1.807) is 10.8 Å². The molecule has 1 aromatic heterocycles. The van der Waals surface area contributed by atoms with Crippen LogP contribution < -0.4 is 4.74 Å². The van der Waals surface area contributed by atoms with Gasteiger partial charge in [-0.05, 0) is 30.7 Å². The molecule has 17 heavy (non-hydrogen) atoms. The zero-order chi connectivity index (χ0) is 12.3. The van der Waals surface area contributed by atoms with Crippen molar-refractivity contribution < 1.29 is 13.5 Å². The molecule has 2 aromatic rings. The fourth-order valence-corrected chi connectivity index (χ4v) is 1.80. The highest BCUT2D eigenvalue weighted by atomic mass is 19.3. The van der Waals surface area contributed by atoms with E-state index >= 15 is 0 Å². The number of alkyl halides is 2. The molecule has 0 radical (unpaired) electrons. The molecule has 0 fully saturated rings. The van der Waals surface area contributed by atoms with Gasteiger partial charge in [-0.3, -0.25) is 0 Å². The maximum atomic E-state index is 12.3. The average molecular weight is 239 g/mol. The molecule has 4 heteroatoms. The molecule has 2 rings (SSSR count). The minimum atomic E-state index is -2.33. The van der Waals surface area contributed by atoms with Gasteiger partial charge in [0.25, 0.3) is 6.43 Å². The first-order valence-electron chi connectivity index (χ1n) is 5.70. The Kier molecular flexibility index (Phi) is 3.61. The predicted molar refractivity (Wildman–Crippen MR) is 63.7 cm³/mol. The third-order valence-corrected chi connectivity index (χ3v) is 2.55. The van der Waals surface area contributed by atoms with Gasteiger partial charge in [-0.15, -0.1) is 0 Å². The van der Waals surface area contributed by atoms with Gasteiger partial charge in [0.1, 0.15) is 5.75 Å². The van der Waals surface area contributed by atoms with Gasteiger partial charge in [0.05, 0.1) is 13.2 Å². The van der Waals surface area contributed by atoms with E-state index < -0.39 is 6.43 Å². The van der Waals surface area contributed by atoms with Crippen molar-refractivity contribution in [3.63, 3.8) is 0 Å². The summed E-state index contributed by atoms with van der Waals surface area (Å²) in [5, 5.41) is 0.930. The normalized spacial score (nSPS) is 11.3. The number of nitrogens with zero attached hydrogens (tertiary/aromatic N) is 1. The van der Waals surface area contributed by atoms with Crippen molar-refractivity contribution in [1.82, 2.24) is 4.57 Å². The van der Waals surface area contributed by atoms with Crippen molar-refractivity contribution in [2.75, 3.05) is 6.61 Å². The summed E-state index contributed by atoms with van der Waals surface area (Å²) in [6.07, 6.45) is 0.298. The molecule has 0 aliphatic heterocycles. The summed E-state index contributed by atoms with van der Waals surface area (Å²) < 4.78 is 31.7. The average Bonchev–Trinajstić information content (AvgIpc) is 2.68. The third kappa shape index (κ3) is 2.75. The third-order valence-electron chi connectivity index (χ3n) is 2.55. The zero-order valence-electron chi connectivity index (χ0n) is 9.70. The van der Waals surface area contributed by atoms with E-state index in [1.807, 2.05) is 31.2 Å². The number of fused-ring (bicyclic) bond motifs is 1. The van der Waals surface area contributed by atoms with Crippen molar-refractivity contribution >= 4 is 10.9 Å². The predicted octanol–water partition coefficient (Wildman–Crippen LogP) is 3.70. The molecule has 0 amide bonds. The standard InChI is InChI=1S/C13H15F2NO/c1-2-7-17-11-3-4-12-10(8-11)5-6-16(12)9-13(14)15/h3-6,8,13H,2,7,9H2,1H3. The SMILES string of the molecule is CCCOc1ccc2c(ccn2CC(F)F)c1. The first kappa shape index (κ1) is 11.9. The minimum absolute atomic E-state index is 0.265. The summed E-state index contributed by atoms with van der Waals surface area (Å²) in [6.45, 7) is 2.44. The highest BCUT2D eigenvalue weighted by Gasteiger charge is 2.07.